The van der Waals surface area contributed by atoms with Crippen molar-refractivity contribution >= 4 is 0 Å². The van der Waals surface area contributed by atoms with Crippen molar-refractivity contribution in [3.63, 3.8) is 0 Å². The molecule has 65 valence electrons. The summed E-state index contributed by atoms with van der Waals surface area (Å²) >= 11 is 0. The minimum atomic E-state index is -0.952. The maximum absolute atomic E-state index is 11.0. The highest BCUT2D eigenvalue weighted by Crippen LogP contribution is 2.36. The fourth-order valence-corrected chi connectivity index (χ4v) is 1.03. The Balaban J connectivity index is 1.81. The van der Waals surface area contributed by atoms with Gasteiger partial charge in [-0.3, -0.25) is 0 Å². The van der Waals surface area contributed by atoms with Gasteiger partial charge in [0.2, 0.25) is 5.79 Å². The highest BCUT2D eigenvalue weighted by Gasteiger charge is 2.43. The molecule has 0 saturated heterocycles. The van der Waals surface area contributed by atoms with Crippen LogP contribution < -0.4 is 0 Å². The second-order valence-corrected chi connectivity index (χ2v) is 3.32. The van der Waals surface area contributed by atoms with Gasteiger partial charge >= 0.3 is 0 Å². The highest BCUT2D eigenvalue weighted by molar-refractivity contribution is 4.82. The van der Waals surface area contributed by atoms with Crippen LogP contribution >= 0.6 is 0 Å². The number of unbranched alkanes of at least 4 members (excludes halogenated alkanes) is 3. The van der Waals surface area contributed by atoms with Crippen molar-refractivity contribution in [3.8, 4) is 0 Å². The van der Waals surface area contributed by atoms with Crippen molar-refractivity contribution in [3.05, 3.63) is 0 Å². The molecule has 1 aliphatic rings. The summed E-state index contributed by atoms with van der Waals surface area (Å²) in [6.07, 6.45) is 6.20. The standard InChI is InChI=1S/C9H17O2/c1-2-3-4-5-8-11-9(10)6-7-9/h2-8H2,1H3. The highest BCUT2D eigenvalue weighted by atomic mass is 16.6. The molecule has 0 bridgehead atoms. The molecule has 1 aliphatic carbocycles. The normalized spacial score (nSPS) is 20.2. The quantitative estimate of drug-likeness (QED) is 0.430. The lowest BCUT2D eigenvalue weighted by Crippen LogP contribution is -2.11. The summed E-state index contributed by atoms with van der Waals surface area (Å²) in [6.45, 7) is 2.85. The maximum atomic E-state index is 11.0. The maximum Gasteiger partial charge on any atom is 0.202 e. The molecule has 0 aromatic carbocycles. The smallest absolute Gasteiger partial charge is 0.202 e. The molecule has 0 aliphatic heterocycles. The van der Waals surface area contributed by atoms with Crippen molar-refractivity contribution in [1.29, 1.82) is 0 Å². The number of hydrogen-bond donors (Lipinski definition) is 0. The molecule has 0 aromatic rings. The van der Waals surface area contributed by atoms with Crippen molar-refractivity contribution in [2.75, 3.05) is 6.61 Å². The number of ether oxygens (including phenoxy) is 1. The van der Waals surface area contributed by atoms with Crippen LogP contribution in [-0.2, 0) is 9.84 Å². The zero-order valence-electron chi connectivity index (χ0n) is 7.27. The third kappa shape index (κ3) is 3.73. The average molecular weight is 157 g/mol. The second-order valence-electron chi connectivity index (χ2n) is 3.32. The molecule has 0 N–H and O–H groups in total. The van der Waals surface area contributed by atoms with E-state index in [0.29, 0.717) is 6.61 Å². The van der Waals surface area contributed by atoms with Crippen LogP contribution in [0.5, 0.6) is 0 Å². The predicted octanol–water partition coefficient (Wildman–Crippen LogP) is 2.50. The zero-order chi connectivity index (χ0) is 8.16. The molecule has 2 heteroatoms. The SMILES string of the molecule is CCCCCCOC1([O])CC1. The van der Waals surface area contributed by atoms with Gasteiger partial charge in [0.05, 0.1) is 6.61 Å². The molecule has 0 aromatic heterocycles. The second kappa shape index (κ2) is 4.07. The molecule has 1 saturated carbocycles. The topological polar surface area (TPSA) is 29.1 Å². The molecular weight excluding hydrogens is 140 g/mol. The van der Waals surface area contributed by atoms with E-state index in [1.54, 1.807) is 0 Å². The summed E-state index contributed by atoms with van der Waals surface area (Å²) in [5.74, 6) is -0.952. The van der Waals surface area contributed by atoms with E-state index in [0.717, 1.165) is 19.3 Å². The van der Waals surface area contributed by atoms with Crippen molar-refractivity contribution in [2.45, 2.75) is 51.2 Å². The van der Waals surface area contributed by atoms with Crippen molar-refractivity contribution in [1.82, 2.24) is 0 Å². The van der Waals surface area contributed by atoms with Crippen LogP contribution in [0, 0.1) is 0 Å². The Kier molecular flexibility index (Phi) is 3.34. The Labute approximate surface area is 68.6 Å². The van der Waals surface area contributed by atoms with Gasteiger partial charge < -0.3 is 4.74 Å². The lowest BCUT2D eigenvalue weighted by atomic mass is 10.2. The van der Waals surface area contributed by atoms with E-state index in [4.69, 9.17) is 4.74 Å². The summed E-state index contributed by atoms with van der Waals surface area (Å²) in [5.41, 5.74) is 0. The fourth-order valence-electron chi connectivity index (χ4n) is 1.03. The monoisotopic (exact) mass is 157 g/mol. The predicted molar refractivity (Wildman–Crippen MR) is 42.7 cm³/mol. The van der Waals surface area contributed by atoms with Gasteiger partial charge in [-0.2, -0.15) is 5.11 Å². The van der Waals surface area contributed by atoms with Crippen LogP contribution in [0.1, 0.15) is 45.4 Å². The zero-order valence-corrected chi connectivity index (χ0v) is 7.27. The van der Waals surface area contributed by atoms with Gasteiger partial charge in [0.1, 0.15) is 0 Å². The largest absolute Gasteiger partial charge is 0.347 e. The number of rotatable bonds is 6. The third-order valence-electron chi connectivity index (χ3n) is 2.02. The van der Waals surface area contributed by atoms with E-state index in [-0.39, 0.29) is 0 Å². The average Bonchev–Trinajstić information content (AvgIpc) is 2.69. The molecule has 0 heterocycles. The lowest BCUT2D eigenvalue weighted by molar-refractivity contribution is -0.166. The Hall–Kier alpha value is -0.0800. The van der Waals surface area contributed by atoms with Gasteiger partial charge in [-0.25, -0.2) is 0 Å². The summed E-state index contributed by atoms with van der Waals surface area (Å²) < 4.78 is 5.13. The molecule has 0 spiro atoms. The summed E-state index contributed by atoms with van der Waals surface area (Å²) in [6, 6.07) is 0. The van der Waals surface area contributed by atoms with E-state index in [2.05, 4.69) is 6.92 Å². The Morgan fingerprint density at radius 1 is 1.27 bits per heavy atom. The molecule has 11 heavy (non-hydrogen) atoms. The minimum Gasteiger partial charge on any atom is -0.347 e. The third-order valence-corrected chi connectivity index (χ3v) is 2.02. The van der Waals surface area contributed by atoms with Gasteiger partial charge in [0.25, 0.3) is 0 Å². The molecular formula is C9H17O2. The van der Waals surface area contributed by atoms with Crippen LogP contribution in [0.4, 0.5) is 0 Å². The lowest BCUT2D eigenvalue weighted by Gasteiger charge is -2.06. The molecule has 0 amide bonds. The first-order chi connectivity index (χ1) is 5.27. The van der Waals surface area contributed by atoms with Crippen LogP contribution in [-0.4, -0.2) is 12.4 Å². The molecule has 1 fully saturated rings. The molecule has 2 nitrogen and oxygen atoms in total. The van der Waals surface area contributed by atoms with Gasteiger partial charge in [0.15, 0.2) is 0 Å². The summed E-state index contributed by atoms with van der Waals surface area (Å²) in [4.78, 5) is 0. The van der Waals surface area contributed by atoms with Crippen molar-refractivity contribution < 1.29 is 9.84 Å². The van der Waals surface area contributed by atoms with Gasteiger partial charge in [-0.15, -0.1) is 0 Å². The van der Waals surface area contributed by atoms with Crippen LogP contribution in [0.2, 0.25) is 0 Å². The van der Waals surface area contributed by atoms with Gasteiger partial charge in [-0.1, -0.05) is 26.2 Å². The first kappa shape index (κ1) is 9.01. The molecule has 0 atom stereocenters. The molecule has 1 radical (unpaired) electrons. The Morgan fingerprint density at radius 2 is 2.00 bits per heavy atom. The van der Waals surface area contributed by atoms with Crippen LogP contribution in [0.3, 0.4) is 0 Å². The van der Waals surface area contributed by atoms with E-state index < -0.39 is 5.79 Å². The Morgan fingerprint density at radius 3 is 2.55 bits per heavy atom. The van der Waals surface area contributed by atoms with Gasteiger partial charge in [0, 0.05) is 12.8 Å². The first-order valence-electron chi connectivity index (χ1n) is 4.61. The van der Waals surface area contributed by atoms with Crippen LogP contribution in [0.25, 0.3) is 0 Å². The minimum absolute atomic E-state index is 0.670. The van der Waals surface area contributed by atoms with E-state index in [9.17, 15) is 5.11 Å². The van der Waals surface area contributed by atoms with E-state index in [1.807, 2.05) is 0 Å². The molecule has 1 rings (SSSR count). The first-order valence-corrected chi connectivity index (χ1v) is 4.61. The van der Waals surface area contributed by atoms with Crippen molar-refractivity contribution in [2.24, 2.45) is 0 Å². The summed E-state index contributed by atoms with van der Waals surface area (Å²) in [5, 5.41) is 11.0. The van der Waals surface area contributed by atoms with Gasteiger partial charge in [-0.05, 0) is 6.42 Å². The fraction of sp³-hybridized carbons (Fsp3) is 1.00. The Bertz CT molecular complexity index is 108. The summed E-state index contributed by atoms with van der Waals surface area (Å²) in [7, 11) is 0. The van der Waals surface area contributed by atoms with Crippen LogP contribution in [0.15, 0.2) is 0 Å². The molecule has 0 unspecified atom stereocenters. The van der Waals surface area contributed by atoms with E-state index in [1.165, 1.54) is 19.3 Å². The number of hydrogen-bond acceptors (Lipinski definition) is 1. The van der Waals surface area contributed by atoms with E-state index >= 15 is 0 Å².